The Morgan fingerprint density at radius 3 is 2.43 bits per heavy atom. The van der Waals surface area contributed by atoms with Crippen LogP contribution in [0, 0.1) is 5.82 Å². The lowest BCUT2D eigenvalue weighted by atomic mass is 10.2. The minimum absolute atomic E-state index is 0. The van der Waals surface area contributed by atoms with Crippen LogP contribution in [-0.2, 0) is 6.54 Å². The Hall–Kier alpha value is -2.01. The van der Waals surface area contributed by atoms with Crippen LogP contribution in [0.2, 0.25) is 0 Å². The van der Waals surface area contributed by atoms with Crippen molar-refractivity contribution in [3.63, 3.8) is 0 Å². The summed E-state index contributed by atoms with van der Waals surface area (Å²) in [6, 6.07) is 8.31. The molecular weight excluding hydrogens is 496 g/mol. The Morgan fingerprint density at radius 2 is 1.77 bits per heavy atom. The Balaban J connectivity index is 0.00000320. The molecule has 2 heterocycles. The number of halogens is 2. The molecule has 0 saturated carbocycles. The van der Waals surface area contributed by atoms with Crippen molar-refractivity contribution in [2.45, 2.75) is 19.9 Å². The lowest BCUT2D eigenvalue weighted by Gasteiger charge is -2.34. The molecule has 0 atom stereocenters. The zero-order valence-corrected chi connectivity index (χ0v) is 19.8. The number of nitrogens with zero attached hydrogens (tertiary/aromatic N) is 5. The van der Waals surface area contributed by atoms with E-state index < -0.39 is 0 Å². The van der Waals surface area contributed by atoms with Crippen LogP contribution in [0.5, 0.6) is 0 Å². The Morgan fingerprint density at radius 1 is 1.07 bits per heavy atom. The zero-order chi connectivity index (χ0) is 20.3. The smallest absolute Gasteiger partial charge is 0.225 e. The molecule has 30 heavy (non-hydrogen) atoms. The van der Waals surface area contributed by atoms with E-state index >= 15 is 0 Å². The van der Waals surface area contributed by atoms with Crippen molar-refractivity contribution < 1.29 is 4.39 Å². The molecule has 164 valence electrons. The van der Waals surface area contributed by atoms with E-state index in [4.69, 9.17) is 0 Å². The van der Waals surface area contributed by atoms with Gasteiger partial charge in [0.15, 0.2) is 5.96 Å². The predicted octanol–water partition coefficient (Wildman–Crippen LogP) is 2.50. The van der Waals surface area contributed by atoms with Crippen LogP contribution in [-0.4, -0.2) is 66.6 Å². The summed E-state index contributed by atoms with van der Waals surface area (Å²) >= 11 is 0. The highest BCUT2D eigenvalue weighted by atomic mass is 127. The van der Waals surface area contributed by atoms with Crippen LogP contribution in [0.25, 0.3) is 0 Å². The molecule has 1 aromatic heterocycles. The third kappa shape index (κ3) is 8.02. The van der Waals surface area contributed by atoms with Crippen molar-refractivity contribution in [3.8, 4) is 0 Å². The summed E-state index contributed by atoms with van der Waals surface area (Å²) in [5, 5.41) is 6.64. The van der Waals surface area contributed by atoms with Crippen molar-refractivity contribution in [2.24, 2.45) is 4.99 Å². The first-order chi connectivity index (χ1) is 14.2. The van der Waals surface area contributed by atoms with E-state index in [1.54, 1.807) is 24.5 Å². The van der Waals surface area contributed by atoms with Gasteiger partial charge in [0.1, 0.15) is 5.82 Å². The van der Waals surface area contributed by atoms with Gasteiger partial charge >= 0.3 is 0 Å². The summed E-state index contributed by atoms with van der Waals surface area (Å²) in [5.74, 6) is 1.39. The second-order valence-corrected chi connectivity index (χ2v) is 6.98. The van der Waals surface area contributed by atoms with Gasteiger partial charge in [-0.1, -0.05) is 12.1 Å². The molecule has 1 fully saturated rings. The van der Waals surface area contributed by atoms with E-state index in [0.29, 0.717) is 6.54 Å². The minimum Gasteiger partial charge on any atom is -0.357 e. The number of hydrogen-bond donors (Lipinski definition) is 2. The monoisotopic (exact) mass is 527 g/mol. The third-order valence-corrected chi connectivity index (χ3v) is 4.83. The molecule has 0 radical (unpaired) electrons. The third-order valence-electron chi connectivity index (χ3n) is 4.83. The average Bonchev–Trinajstić information content (AvgIpc) is 2.77. The number of guanidine groups is 1. The SMILES string of the molecule is CCNC(=NCc1ccc(F)cc1)NCCCN1CCN(c2ncccn2)CC1.I. The summed E-state index contributed by atoms with van der Waals surface area (Å²) in [6.45, 7) is 9.25. The zero-order valence-electron chi connectivity index (χ0n) is 17.4. The number of piperazine rings is 1. The van der Waals surface area contributed by atoms with E-state index in [9.17, 15) is 4.39 Å². The van der Waals surface area contributed by atoms with E-state index in [1.165, 1.54) is 12.1 Å². The molecule has 3 rings (SSSR count). The minimum atomic E-state index is -0.222. The van der Waals surface area contributed by atoms with Gasteiger partial charge in [0.05, 0.1) is 6.54 Å². The summed E-state index contributed by atoms with van der Waals surface area (Å²) in [7, 11) is 0. The number of rotatable bonds is 8. The summed E-state index contributed by atoms with van der Waals surface area (Å²) < 4.78 is 13.0. The first-order valence-electron chi connectivity index (χ1n) is 10.3. The fraction of sp³-hybridized carbons (Fsp3) is 0.476. The molecule has 0 aliphatic carbocycles. The summed E-state index contributed by atoms with van der Waals surface area (Å²) in [5.41, 5.74) is 0.990. The van der Waals surface area contributed by atoms with Crippen molar-refractivity contribution in [1.29, 1.82) is 0 Å². The highest BCUT2D eigenvalue weighted by Gasteiger charge is 2.18. The molecule has 1 saturated heterocycles. The average molecular weight is 527 g/mol. The quantitative estimate of drug-likeness (QED) is 0.238. The maximum absolute atomic E-state index is 13.0. The second kappa shape index (κ2) is 13.3. The maximum Gasteiger partial charge on any atom is 0.225 e. The van der Waals surface area contributed by atoms with Crippen LogP contribution in [0.4, 0.5) is 10.3 Å². The number of benzene rings is 1. The molecule has 1 aliphatic heterocycles. The fourth-order valence-electron chi connectivity index (χ4n) is 3.24. The molecule has 0 spiro atoms. The maximum atomic E-state index is 13.0. The molecule has 2 N–H and O–H groups in total. The molecule has 0 amide bonds. The van der Waals surface area contributed by atoms with Crippen molar-refractivity contribution in [1.82, 2.24) is 25.5 Å². The van der Waals surface area contributed by atoms with Crippen LogP contribution in [0.1, 0.15) is 18.9 Å². The lowest BCUT2D eigenvalue weighted by molar-refractivity contribution is 0.254. The van der Waals surface area contributed by atoms with Crippen LogP contribution >= 0.6 is 24.0 Å². The topological polar surface area (TPSA) is 68.7 Å². The molecule has 9 heteroatoms. The van der Waals surface area contributed by atoms with Gasteiger partial charge in [0.2, 0.25) is 5.95 Å². The molecule has 0 unspecified atom stereocenters. The number of aromatic nitrogens is 2. The standard InChI is InChI=1S/C21H30FN7.HI/c1-2-23-20(27-17-18-5-7-19(22)8-6-18)24-11-4-12-28-13-15-29(16-14-28)21-25-9-3-10-26-21;/h3,5-10H,2,4,11-17H2,1H3,(H2,23,24,27);1H. The molecule has 2 aromatic rings. The van der Waals surface area contributed by atoms with E-state index in [-0.39, 0.29) is 29.8 Å². The van der Waals surface area contributed by atoms with Gasteiger partial charge in [0, 0.05) is 51.7 Å². The van der Waals surface area contributed by atoms with Gasteiger partial charge < -0.3 is 15.5 Å². The van der Waals surface area contributed by atoms with Gasteiger partial charge in [-0.2, -0.15) is 0 Å². The normalized spacial score (nSPS) is 14.9. The van der Waals surface area contributed by atoms with Gasteiger partial charge in [-0.3, -0.25) is 4.90 Å². The summed E-state index contributed by atoms with van der Waals surface area (Å²) in [4.78, 5) is 18.0. The molecular formula is C21H31FIN7. The molecule has 1 aliphatic rings. The number of anilines is 1. The largest absolute Gasteiger partial charge is 0.357 e. The fourth-order valence-corrected chi connectivity index (χ4v) is 3.24. The highest BCUT2D eigenvalue weighted by Crippen LogP contribution is 2.09. The summed E-state index contributed by atoms with van der Waals surface area (Å²) in [6.07, 6.45) is 4.63. The highest BCUT2D eigenvalue weighted by molar-refractivity contribution is 14.0. The molecule has 1 aromatic carbocycles. The predicted molar refractivity (Wildman–Crippen MR) is 130 cm³/mol. The van der Waals surface area contributed by atoms with E-state index in [2.05, 4.69) is 35.4 Å². The lowest BCUT2D eigenvalue weighted by Crippen LogP contribution is -2.47. The Labute approximate surface area is 195 Å². The van der Waals surface area contributed by atoms with Crippen LogP contribution in [0.3, 0.4) is 0 Å². The van der Waals surface area contributed by atoms with Crippen molar-refractivity contribution in [3.05, 3.63) is 54.1 Å². The Kier molecular flexibility index (Phi) is 10.8. The first-order valence-corrected chi connectivity index (χ1v) is 10.3. The van der Waals surface area contributed by atoms with Crippen LogP contribution < -0.4 is 15.5 Å². The van der Waals surface area contributed by atoms with Crippen molar-refractivity contribution >= 4 is 35.9 Å². The van der Waals surface area contributed by atoms with E-state index in [0.717, 1.165) is 69.7 Å². The number of aliphatic imine (C=N–C) groups is 1. The molecule has 0 bridgehead atoms. The second-order valence-electron chi connectivity index (χ2n) is 6.98. The number of nitrogens with one attached hydrogen (secondary N) is 2. The first kappa shape index (κ1) is 24.3. The van der Waals surface area contributed by atoms with Gasteiger partial charge in [-0.05, 0) is 43.7 Å². The van der Waals surface area contributed by atoms with Gasteiger partial charge in [0.25, 0.3) is 0 Å². The van der Waals surface area contributed by atoms with Crippen molar-refractivity contribution in [2.75, 3.05) is 50.7 Å². The Bertz CT molecular complexity index is 750. The number of hydrogen-bond acceptors (Lipinski definition) is 5. The van der Waals surface area contributed by atoms with E-state index in [1.807, 2.05) is 13.0 Å². The van der Waals surface area contributed by atoms with Crippen LogP contribution in [0.15, 0.2) is 47.7 Å². The van der Waals surface area contributed by atoms with Gasteiger partial charge in [-0.25, -0.2) is 19.4 Å². The molecule has 7 nitrogen and oxygen atoms in total. The van der Waals surface area contributed by atoms with Gasteiger partial charge in [-0.15, -0.1) is 24.0 Å².